The van der Waals surface area contributed by atoms with Crippen LogP contribution in [0.3, 0.4) is 0 Å². The number of ether oxygens (including phenoxy) is 4. The zero-order valence-electron chi connectivity index (χ0n) is 19.6. The van der Waals surface area contributed by atoms with Crippen molar-refractivity contribution < 1.29 is 28.5 Å². The first kappa shape index (κ1) is 23.8. The molecule has 0 fully saturated rings. The Kier molecular flexibility index (Phi) is 6.75. The van der Waals surface area contributed by atoms with E-state index in [1.807, 2.05) is 49.4 Å². The third-order valence-electron chi connectivity index (χ3n) is 6.77. The number of esters is 1. The van der Waals surface area contributed by atoms with Gasteiger partial charge in [-0.15, -0.1) is 0 Å². The molecule has 0 radical (unpaired) electrons. The highest BCUT2D eigenvalue weighted by Gasteiger charge is 2.45. The first-order chi connectivity index (χ1) is 17.0. The van der Waals surface area contributed by atoms with Gasteiger partial charge in [0.2, 0.25) is 6.79 Å². The lowest BCUT2D eigenvalue weighted by Crippen LogP contribution is -2.38. The van der Waals surface area contributed by atoms with Crippen LogP contribution in [0.25, 0.3) is 0 Å². The Bertz CT molecular complexity index is 1220. The first-order valence-electron chi connectivity index (χ1n) is 11.6. The largest absolute Gasteiger partial charge is 0.463 e. The van der Waals surface area contributed by atoms with Crippen molar-refractivity contribution in [1.29, 1.82) is 0 Å². The van der Waals surface area contributed by atoms with Crippen LogP contribution < -0.4 is 9.47 Å². The van der Waals surface area contributed by atoms with Crippen molar-refractivity contribution in [2.24, 2.45) is 10.9 Å². The lowest BCUT2D eigenvalue weighted by atomic mass is 9.69. The topological polar surface area (TPSA) is 83.4 Å². The number of carbonyl (C=O) groups is 2. The van der Waals surface area contributed by atoms with Gasteiger partial charge in [0, 0.05) is 40.9 Å². The summed E-state index contributed by atoms with van der Waals surface area (Å²) in [6.45, 7) is 2.38. The Hall–Kier alpha value is -2.97. The van der Waals surface area contributed by atoms with Crippen LogP contribution in [0, 0.1) is 5.92 Å². The fourth-order valence-corrected chi connectivity index (χ4v) is 5.72. The number of hydrogen-bond acceptors (Lipinski definition) is 7. The van der Waals surface area contributed by atoms with Crippen molar-refractivity contribution >= 4 is 33.4 Å². The van der Waals surface area contributed by atoms with Crippen LogP contribution in [-0.4, -0.2) is 44.6 Å². The number of allylic oxidation sites excluding steroid dienone is 2. The number of hydrogen-bond donors (Lipinski definition) is 0. The van der Waals surface area contributed by atoms with Crippen LogP contribution in [0.1, 0.15) is 42.7 Å². The summed E-state index contributed by atoms with van der Waals surface area (Å²) in [5.41, 5.74) is 3.83. The summed E-state index contributed by atoms with van der Waals surface area (Å²) in [5.74, 6) is -0.463. The Balaban J connectivity index is 1.59. The Morgan fingerprint density at radius 3 is 2.60 bits per heavy atom. The maximum atomic E-state index is 13.7. The molecule has 0 amide bonds. The van der Waals surface area contributed by atoms with Crippen molar-refractivity contribution in [3.63, 3.8) is 0 Å². The monoisotopic (exact) mass is 539 g/mol. The number of Topliss-reactive ketones (excluding diaryl/α,β-unsaturated/α-hetero) is 1. The van der Waals surface area contributed by atoms with Gasteiger partial charge in [-0.3, -0.25) is 14.6 Å². The maximum Gasteiger partial charge on any atom is 0.315 e. The summed E-state index contributed by atoms with van der Waals surface area (Å²) >= 11 is 3.65. The zero-order valence-corrected chi connectivity index (χ0v) is 21.2. The van der Waals surface area contributed by atoms with E-state index in [1.165, 1.54) is 0 Å². The standard InChI is InChI=1S/C27H26BrNO6/c1-15-24(27(31)33-9-8-32-2)25(18-12-22-23(13-19(18)28)35-14-34-22)26-20(29-15)10-17(11-21(26)30)16-6-4-3-5-7-16/h3-7,12-13,17,24-25H,8-11,14H2,1-2H3/t17-,24?,25-/m1/s1. The first-order valence-corrected chi connectivity index (χ1v) is 12.4. The van der Waals surface area contributed by atoms with E-state index >= 15 is 0 Å². The molecule has 1 unspecified atom stereocenters. The zero-order chi connectivity index (χ0) is 24.5. The van der Waals surface area contributed by atoms with Gasteiger partial charge in [0.05, 0.1) is 6.61 Å². The van der Waals surface area contributed by atoms with Gasteiger partial charge >= 0.3 is 5.97 Å². The molecule has 2 aliphatic heterocycles. The van der Waals surface area contributed by atoms with Gasteiger partial charge in [-0.2, -0.15) is 0 Å². The molecule has 5 rings (SSSR count). The lowest BCUT2D eigenvalue weighted by Gasteiger charge is -2.37. The van der Waals surface area contributed by atoms with E-state index in [1.54, 1.807) is 7.11 Å². The molecule has 8 heteroatoms. The molecular weight excluding hydrogens is 514 g/mol. The molecule has 1 aliphatic carbocycles. The van der Waals surface area contributed by atoms with Crippen molar-refractivity contribution in [2.75, 3.05) is 27.1 Å². The van der Waals surface area contributed by atoms with Gasteiger partial charge in [-0.05, 0) is 42.5 Å². The smallest absolute Gasteiger partial charge is 0.315 e. The summed E-state index contributed by atoms with van der Waals surface area (Å²) in [6.07, 6.45) is 0.994. The maximum absolute atomic E-state index is 13.7. The summed E-state index contributed by atoms with van der Waals surface area (Å²) in [6, 6.07) is 13.7. The van der Waals surface area contributed by atoms with Crippen molar-refractivity contribution in [3.8, 4) is 11.5 Å². The Labute approximate surface area is 212 Å². The van der Waals surface area contributed by atoms with E-state index in [-0.39, 0.29) is 25.1 Å². The molecule has 2 heterocycles. The molecule has 0 N–H and O–H groups in total. The van der Waals surface area contributed by atoms with Gasteiger partial charge in [0.25, 0.3) is 0 Å². The average molecular weight is 540 g/mol. The van der Waals surface area contributed by atoms with E-state index < -0.39 is 17.8 Å². The highest BCUT2D eigenvalue weighted by molar-refractivity contribution is 9.10. The lowest BCUT2D eigenvalue weighted by molar-refractivity contribution is -0.147. The Morgan fingerprint density at radius 1 is 1.11 bits per heavy atom. The number of nitrogens with zero attached hydrogens (tertiary/aromatic N) is 1. The van der Waals surface area contributed by atoms with Gasteiger partial charge in [0.1, 0.15) is 12.5 Å². The molecular formula is C27H26BrNO6. The second-order valence-corrected chi connectivity index (χ2v) is 9.75. The quantitative estimate of drug-likeness (QED) is 0.381. The highest BCUT2D eigenvalue weighted by atomic mass is 79.9. The summed E-state index contributed by atoms with van der Waals surface area (Å²) in [5, 5.41) is 0. The minimum absolute atomic E-state index is 0.000566. The molecule has 0 bridgehead atoms. The summed E-state index contributed by atoms with van der Waals surface area (Å²) < 4.78 is 22.4. The van der Waals surface area contributed by atoms with Crippen LogP contribution in [0.2, 0.25) is 0 Å². The molecule has 182 valence electrons. The molecule has 0 saturated heterocycles. The minimum atomic E-state index is -0.737. The number of ketones is 1. The van der Waals surface area contributed by atoms with E-state index in [0.717, 1.165) is 21.3 Å². The number of benzene rings is 2. The minimum Gasteiger partial charge on any atom is -0.463 e. The third kappa shape index (κ3) is 4.52. The Morgan fingerprint density at radius 2 is 1.86 bits per heavy atom. The average Bonchev–Trinajstić information content (AvgIpc) is 3.30. The highest BCUT2D eigenvalue weighted by Crippen LogP contribution is 2.50. The number of carbonyl (C=O) groups excluding carboxylic acids is 2. The molecule has 7 nitrogen and oxygen atoms in total. The van der Waals surface area contributed by atoms with Gasteiger partial charge in [0.15, 0.2) is 17.3 Å². The van der Waals surface area contributed by atoms with E-state index in [4.69, 9.17) is 23.9 Å². The van der Waals surface area contributed by atoms with Gasteiger partial charge in [-0.1, -0.05) is 46.3 Å². The summed E-state index contributed by atoms with van der Waals surface area (Å²) in [7, 11) is 1.55. The SMILES string of the molecule is COCCOC(=O)C1C(C)=NC2=C(C(=O)C[C@H](c3ccccc3)C2)[C@@H]1c1cc2c(cc1Br)OCO2. The van der Waals surface area contributed by atoms with Crippen molar-refractivity contribution in [1.82, 2.24) is 0 Å². The third-order valence-corrected chi connectivity index (χ3v) is 7.46. The van der Waals surface area contributed by atoms with Gasteiger partial charge < -0.3 is 18.9 Å². The predicted molar refractivity (Wildman–Crippen MR) is 133 cm³/mol. The second-order valence-electron chi connectivity index (χ2n) is 8.90. The van der Waals surface area contributed by atoms with Crippen LogP contribution in [0.15, 0.2) is 63.2 Å². The number of rotatable bonds is 6. The number of fused-ring (bicyclic) bond motifs is 1. The predicted octanol–water partition coefficient (Wildman–Crippen LogP) is 4.94. The molecule has 2 aromatic rings. The summed E-state index contributed by atoms with van der Waals surface area (Å²) in [4.78, 5) is 31.8. The van der Waals surface area contributed by atoms with Gasteiger partial charge in [-0.25, -0.2) is 0 Å². The molecule has 0 aromatic heterocycles. The van der Waals surface area contributed by atoms with Crippen molar-refractivity contribution in [2.45, 2.75) is 31.6 Å². The number of aliphatic imine (C=N–C) groups is 1. The van der Waals surface area contributed by atoms with Crippen molar-refractivity contribution in [3.05, 3.63) is 69.3 Å². The molecule has 35 heavy (non-hydrogen) atoms. The molecule has 3 aliphatic rings. The van der Waals surface area contributed by atoms with Crippen LogP contribution in [-0.2, 0) is 19.1 Å². The molecule has 0 spiro atoms. The molecule has 3 atom stereocenters. The molecule has 2 aromatic carbocycles. The van der Waals surface area contributed by atoms with E-state index in [0.29, 0.717) is 42.2 Å². The van der Waals surface area contributed by atoms with Crippen LogP contribution in [0.5, 0.6) is 11.5 Å². The fourth-order valence-electron chi connectivity index (χ4n) is 5.15. The number of halogens is 1. The second kappa shape index (κ2) is 9.95. The molecule has 0 saturated carbocycles. The number of methoxy groups -OCH3 is 1. The van der Waals surface area contributed by atoms with E-state index in [9.17, 15) is 9.59 Å². The van der Waals surface area contributed by atoms with Crippen LogP contribution in [0.4, 0.5) is 0 Å². The fraction of sp³-hybridized carbons (Fsp3) is 0.370. The van der Waals surface area contributed by atoms with Crippen LogP contribution >= 0.6 is 15.9 Å². The normalized spacial score (nSPS) is 23.1. The van der Waals surface area contributed by atoms with E-state index in [2.05, 4.69) is 15.9 Å².